The zero-order chi connectivity index (χ0) is 22.1. The number of carbonyl (C=O) groups is 2. The van der Waals surface area contributed by atoms with Crippen molar-refractivity contribution >= 4 is 27.7 Å². The monoisotopic (exact) mass is 482 g/mol. The van der Waals surface area contributed by atoms with Crippen LogP contribution in [0.25, 0.3) is 0 Å². The second-order valence-corrected chi connectivity index (χ2v) is 7.69. The molecule has 3 rings (SSSR count). The average Bonchev–Trinajstić information content (AvgIpc) is 2.79. The molecular weight excluding hydrogens is 460 g/mol. The summed E-state index contributed by atoms with van der Waals surface area (Å²) in [4.78, 5) is 24.2. The van der Waals surface area contributed by atoms with E-state index in [1.807, 2.05) is 49.4 Å². The minimum absolute atomic E-state index is 0.207. The van der Waals surface area contributed by atoms with Crippen LogP contribution in [-0.2, 0) is 11.2 Å². The first-order valence-electron chi connectivity index (χ1n) is 9.76. The lowest BCUT2D eigenvalue weighted by atomic mass is 10.2. The maximum absolute atomic E-state index is 12.3. The fourth-order valence-electron chi connectivity index (χ4n) is 2.70. The number of hydrogen-bond donors (Lipinski definition) is 2. The van der Waals surface area contributed by atoms with E-state index in [4.69, 9.17) is 9.47 Å². The molecule has 0 saturated carbocycles. The number of hydrazine groups is 1. The van der Waals surface area contributed by atoms with Gasteiger partial charge in [-0.3, -0.25) is 20.4 Å². The van der Waals surface area contributed by atoms with Gasteiger partial charge in [-0.25, -0.2) is 0 Å². The van der Waals surface area contributed by atoms with E-state index in [0.29, 0.717) is 28.1 Å². The van der Waals surface area contributed by atoms with Gasteiger partial charge in [0.15, 0.2) is 6.61 Å². The number of halogens is 1. The molecule has 0 aliphatic rings. The molecular formula is C24H23BrN2O4. The van der Waals surface area contributed by atoms with Crippen LogP contribution in [0.3, 0.4) is 0 Å². The Morgan fingerprint density at radius 3 is 2.35 bits per heavy atom. The number of ether oxygens (including phenoxy) is 2. The van der Waals surface area contributed by atoms with Gasteiger partial charge in [-0.1, -0.05) is 48.0 Å². The summed E-state index contributed by atoms with van der Waals surface area (Å²) in [6.45, 7) is 2.28. The van der Waals surface area contributed by atoms with Crippen LogP contribution in [0.5, 0.6) is 11.5 Å². The van der Waals surface area contributed by atoms with E-state index in [0.717, 1.165) is 12.0 Å². The molecule has 31 heavy (non-hydrogen) atoms. The minimum atomic E-state index is -0.464. The van der Waals surface area contributed by atoms with Crippen molar-refractivity contribution in [1.29, 1.82) is 0 Å². The number of carbonyl (C=O) groups excluding carboxylic acids is 2. The fraction of sp³-hybridized carbons (Fsp3) is 0.167. The zero-order valence-corrected chi connectivity index (χ0v) is 18.6. The van der Waals surface area contributed by atoms with Crippen LogP contribution in [0.15, 0.2) is 77.3 Å². The van der Waals surface area contributed by atoms with Crippen LogP contribution in [0.2, 0.25) is 0 Å². The third kappa shape index (κ3) is 7.15. The molecule has 7 heteroatoms. The lowest BCUT2D eigenvalue weighted by Gasteiger charge is -2.11. The van der Waals surface area contributed by atoms with E-state index in [1.54, 1.807) is 30.3 Å². The van der Waals surface area contributed by atoms with Gasteiger partial charge in [0.05, 0.1) is 11.1 Å². The summed E-state index contributed by atoms with van der Waals surface area (Å²) in [6, 6.07) is 22.4. The van der Waals surface area contributed by atoms with E-state index < -0.39 is 11.8 Å². The second-order valence-electron chi connectivity index (χ2n) is 6.83. The summed E-state index contributed by atoms with van der Waals surface area (Å²) >= 11 is 3.43. The van der Waals surface area contributed by atoms with Crippen molar-refractivity contribution in [3.63, 3.8) is 0 Å². The fourth-order valence-corrected chi connectivity index (χ4v) is 3.19. The van der Waals surface area contributed by atoms with E-state index in [2.05, 4.69) is 26.8 Å². The van der Waals surface area contributed by atoms with Gasteiger partial charge in [0.25, 0.3) is 11.8 Å². The van der Waals surface area contributed by atoms with Crippen LogP contribution in [0.1, 0.15) is 21.5 Å². The minimum Gasteiger partial charge on any atom is -0.492 e. The quantitative estimate of drug-likeness (QED) is 0.471. The summed E-state index contributed by atoms with van der Waals surface area (Å²) in [5.41, 5.74) is 7.38. The zero-order valence-electron chi connectivity index (χ0n) is 17.1. The molecule has 0 radical (unpaired) electrons. The van der Waals surface area contributed by atoms with Crippen molar-refractivity contribution in [2.75, 3.05) is 13.2 Å². The van der Waals surface area contributed by atoms with E-state index in [9.17, 15) is 9.59 Å². The average molecular weight is 483 g/mol. The van der Waals surface area contributed by atoms with Gasteiger partial charge >= 0.3 is 0 Å². The van der Waals surface area contributed by atoms with Crippen molar-refractivity contribution in [2.24, 2.45) is 0 Å². The van der Waals surface area contributed by atoms with Gasteiger partial charge in [-0.15, -0.1) is 0 Å². The Hall–Kier alpha value is -3.32. The van der Waals surface area contributed by atoms with Crippen molar-refractivity contribution in [3.8, 4) is 11.5 Å². The third-order valence-corrected chi connectivity index (χ3v) is 5.01. The molecule has 0 bridgehead atoms. The summed E-state index contributed by atoms with van der Waals surface area (Å²) in [6.07, 6.45) is 0.784. The van der Waals surface area contributed by atoms with Crippen LogP contribution >= 0.6 is 15.9 Å². The number of amides is 2. The Kier molecular flexibility index (Phi) is 8.06. The highest BCUT2D eigenvalue weighted by Gasteiger charge is 2.11. The molecule has 0 aromatic heterocycles. The van der Waals surface area contributed by atoms with Crippen LogP contribution in [-0.4, -0.2) is 25.0 Å². The van der Waals surface area contributed by atoms with Crippen LogP contribution in [0.4, 0.5) is 0 Å². The number of nitrogens with one attached hydrogen (secondary N) is 2. The molecule has 0 atom stereocenters. The Balaban J connectivity index is 1.43. The maximum Gasteiger partial charge on any atom is 0.276 e. The van der Waals surface area contributed by atoms with E-state index in [1.165, 1.54) is 5.56 Å². The number of aryl methyl sites for hydroxylation is 1. The Morgan fingerprint density at radius 1 is 0.903 bits per heavy atom. The molecule has 2 amide bonds. The largest absolute Gasteiger partial charge is 0.492 e. The number of benzene rings is 3. The smallest absolute Gasteiger partial charge is 0.276 e. The standard InChI is InChI=1S/C24H23BrN2O4/c1-17-7-10-20(11-8-17)31-16-23(28)26-27-24(29)19-9-12-22(21(25)15-19)30-14-13-18-5-3-2-4-6-18/h2-12,15H,13-14,16H2,1H3,(H,26,28)(H,27,29). The predicted octanol–water partition coefficient (Wildman–Crippen LogP) is 4.22. The molecule has 3 aromatic rings. The van der Waals surface area contributed by atoms with E-state index >= 15 is 0 Å². The maximum atomic E-state index is 12.3. The highest BCUT2D eigenvalue weighted by Crippen LogP contribution is 2.26. The first kappa shape index (κ1) is 22.4. The van der Waals surface area contributed by atoms with Gasteiger partial charge in [0, 0.05) is 12.0 Å². The SMILES string of the molecule is Cc1ccc(OCC(=O)NNC(=O)c2ccc(OCCc3ccccc3)c(Br)c2)cc1. The van der Waals surface area contributed by atoms with Gasteiger partial charge < -0.3 is 9.47 Å². The van der Waals surface area contributed by atoms with Crippen molar-refractivity contribution < 1.29 is 19.1 Å². The molecule has 0 spiro atoms. The number of hydrogen-bond acceptors (Lipinski definition) is 4. The van der Waals surface area contributed by atoms with Crippen molar-refractivity contribution in [1.82, 2.24) is 10.9 Å². The molecule has 0 aliphatic heterocycles. The van der Waals surface area contributed by atoms with Gasteiger partial charge in [0.1, 0.15) is 11.5 Å². The number of rotatable bonds is 8. The molecule has 0 aliphatic carbocycles. The molecule has 160 valence electrons. The van der Waals surface area contributed by atoms with Gasteiger partial charge in [0.2, 0.25) is 0 Å². The molecule has 2 N–H and O–H groups in total. The van der Waals surface area contributed by atoms with Crippen molar-refractivity contribution in [3.05, 3.63) is 94.0 Å². The normalized spacial score (nSPS) is 10.3. The molecule has 0 saturated heterocycles. The second kappa shape index (κ2) is 11.2. The van der Waals surface area contributed by atoms with Gasteiger partial charge in [-0.2, -0.15) is 0 Å². The topological polar surface area (TPSA) is 76.7 Å². The lowest BCUT2D eigenvalue weighted by molar-refractivity contribution is -0.123. The van der Waals surface area contributed by atoms with E-state index in [-0.39, 0.29) is 6.61 Å². The first-order valence-corrected chi connectivity index (χ1v) is 10.6. The molecule has 0 unspecified atom stereocenters. The van der Waals surface area contributed by atoms with Crippen LogP contribution in [0, 0.1) is 6.92 Å². The summed E-state index contributed by atoms with van der Waals surface area (Å²) < 4.78 is 11.8. The molecule has 0 heterocycles. The van der Waals surface area contributed by atoms with Crippen LogP contribution < -0.4 is 20.3 Å². The molecule has 3 aromatic carbocycles. The summed E-state index contributed by atoms with van der Waals surface area (Å²) in [5, 5.41) is 0. The summed E-state index contributed by atoms with van der Waals surface area (Å²) in [7, 11) is 0. The lowest BCUT2D eigenvalue weighted by Crippen LogP contribution is -2.43. The first-order chi connectivity index (χ1) is 15.0. The summed E-state index contributed by atoms with van der Waals surface area (Å²) in [5.74, 6) is 0.316. The Labute approximate surface area is 189 Å². The Bertz CT molecular complexity index is 1020. The molecule has 0 fully saturated rings. The predicted molar refractivity (Wildman–Crippen MR) is 122 cm³/mol. The third-order valence-electron chi connectivity index (χ3n) is 4.39. The van der Waals surface area contributed by atoms with Gasteiger partial charge in [-0.05, 0) is 58.7 Å². The highest BCUT2D eigenvalue weighted by molar-refractivity contribution is 9.10. The molecule has 6 nitrogen and oxygen atoms in total. The van der Waals surface area contributed by atoms with Crippen molar-refractivity contribution in [2.45, 2.75) is 13.3 Å². The Morgan fingerprint density at radius 2 is 1.65 bits per heavy atom. The highest BCUT2D eigenvalue weighted by atomic mass is 79.9.